The van der Waals surface area contributed by atoms with E-state index in [1.807, 2.05) is 6.08 Å². The van der Waals surface area contributed by atoms with Crippen molar-refractivity contribution in [1.82, 2.24) is 4.90 Å². The van der Waals surface area contributed by atoms with Crippen LogP contribution in [-0.4, -0.2) is 63.1 Å². The normalized spacial score (nSPS) is 31.4. The number of aromatic hydroxyl groups is 1. The first-order valence-electron chi connectivity index (χ1n) is 13.5. The Labute approximate surface area is 266 Å². The van der Waals surface area contributed by atoms with Gasteiger partial charge in [-0.3, -0.25) is 29.0 Å². The summed E-state index contributed by atoms with van der Waals surface area (Å²) in [6.07, 6.45) is 3.54. The number of fused-ring (bicyclic) bond motifs is 4. The zero-order valence-electron chi connectivity index (χ0n) is 23.2. The van der Waals surface area contributed by atoms with Crippen molar-refractivity contribution in [3.63, 3.8) is 0 Å². The number of alkyl halides is 3. The summed E-state index contributed by atoms with van der Waals surface area (Å²) in [7, 11) is 2.78. The van der Waals surface area contributed by atoms with Gasteiger partial charge in [0.05, 0.1) is 37.2 Å². The molecule has 2 aromatic rings. The Morgan fingerprint density at radius 2 is 1.65 bits per heavy atom. The molecule has 3 fully saturated rings. The van der Waals surface area contributed by atoms with E-state index in [2.05, 4.69) is 22.5 Å². The predicted octanol–water partition coefficient (Wildman–Crippen LogP) is 4.97. The Morgan fingerprint density at radius 3 is 2.21 bits per heavy atom. The first-order chi connectivity index (χ1) is 20.5. The van der Waals surface area contributed by atoms with E-state index in [0.717, 1.165) is 10.5 Å². The number of allylic oxidation sites excluding steroid dienone is 2. The van der Waals surface area contributed by atoms with Crippen LogP contribution in [0.2, 0.25) is 0 Å². The topological polar surface area (TPSA) is 113 Å². The second-order valence-corrected chi connectivity index (χ2v) is 12.8. The molecule has 43 heavy (non-hydrogen) atoms. The fraction of sp³-hybridized carbons (Fsp3) is 0.355. The van der Waals surface area contributed by atoms with Gasteiger partial charge in [-0.15, -0.1) is 23.2 Å². The van der Waals surface area contributed by atoms with Gasteiger partial charge in [0.15, 0.2) is 9.75 Å². The lowest BCUT2D eigenvalue weighted by Crippen LogP contribution is -2.60. The predicted molar refractivity (Wildman–Crippen MR) is 164 cm³/mol. The minimum absolute atomic E-state index is 0.147. The average molecular weight is 690 g/mol. The Kier molecular flexibility index (Phi) is 7.18. The molecule has 4 amide bonds. The van der Waals surface area contributed by atoms with Gasteiger partial charge in [-0.05, 0) is 36.5 Å². The molecule has 1 saturated carbocycles. The van der Waals surface area contributed by atoms with Crippen molar-refractivity contribution in [3.8, 4) is 17.2 Å². The number of hydrogen-bond donors (Lipinski definition) is 1. The van der Waals surface area contributed by atoms with Crippen LogP contribution in [0.1, 0.15) is 29.9 Å². The van der Waals surface area contributed by atoms with Gasteiger partial charge in [0.1, 0.15) is 17.2 Å². The number of halogens is 3. The summed E-state index contributed by atoms with van der Waals surface area (Å²) in [6, 6.07) is 9.62. The quantitative estimate of drug-likeness (QED) is 0.197. The molecule has 0 spiro atoms. The summed E-state index contributed by atoms with van der Waals surface area (Å²) in [5, 5.41) is 10.4. The number of amides is 4. The molecule has 2 aromatic carbocycles. The van der Waals surface area contributed by atoms with Crippen LogP contribution in [0.15, 0.2) is 54.6 Å². The molecular formula is C31H27BrCl2N2O7. The first-order valence-corrected chi connectivity index (χ1v) is 15.4. The van der Waals surface area contributed by atoms with Crippen LogP contribution in [-0.2, 0) is 19.2 Å². The van der Waals surface area contributed by atoms with E-state index in [1.165, 1.54) is 31.3 Å². The highest BCUT2D eigenvalue weighted by Gasteiger charge is 2.76. The van der Waals surface area contributed by atoms with Crippen molar-refractivity contribution in [2.75, 3.05) is 24.6 Å². The van der Waals surface area contributed by atoms with Gasteiger partial charge in [-0.25, -0.2) is 0 Å². The summed E-state index contributed by atoms with van der Waals surface area (Å²) in [4.78, 5) is 53.9. The molecule has 12 heteroatoms. The summed E-state index contributed by atoms with van der Waals surface area (Å²) in [6.45, 7) is 3.75. The fourth-order valence-electron chi connectivity index (χ4n) is 7.29. The number of benzene rings is 2. The van der Waals surface area contributed by atoms with Crippen LogP contribution >= 0.6 is 39.1 Å². The van der Waals surface area contributed by atoms with Crippen molar-refractivity contribution in [2.24, 2.45) is 17.8 Å². The maximum Gasteiger partial charge on any atom is 0.254 e. The largest absolute Gasteiger partial charge is 0.508 e. The van der Waals surface area contributed by atoms with Crippen molar-refractivity contribution in [3.05, 3.63) is 65.8 Å². The maximum absolute atomic E-state index is 14.2. The number of nitrogens with zero attached hydrogens (tertiary/aromatic N) is 2. The monoisotopic (exact) mass is 688 g/mol. The van der Waals surface area contributed by atoms with Gasteiger partial charge in [0.25, 0.3) is 11.8 Å². The molecular weight excluding hydrogens is 663 g/mol. The highest BCUT2D eigenvalue weighted by Crippen LogP contribution is 2.67. The zero-order valence-corrected chi connectivity index (χ0v) is 26.3. The number of carbonyl (C=O) groups excluding carboxylic acids is 4. The van der Waals surface area contributed by atoms with E-state index in [4.69, 9.17) is 32.7 Å². The number of phenolic OH excluding ortho intramolecular Hbond substituents is 1. The lowest BCUT2D eigenvalue weighted by atomic mass is 9.56. The molecule has 6 rings (SSSR count). The van der Waals surface area contributed by atoms with Gasteiger partial charge < -0.3 is 14.6 Å². The third kappa shape index (κ3) is 3.88. The third-order valence-corrected chi connectivity index (χ3v) is 11.1. The van der Waals surface area contributed by atoms with Gasteiger partial charge in [0, 0.05) is 23.6 Å². The number of ether oxygens (including phenoxy) is 2. The van der Waals surface area contributed by atoms with Crippen LogP contribution < -0.4 is 14.4 Å². The fourth-order valence-corrected chi connectivity index (χ4v) is 8.70. The second kappa shape index (κ2) is 10.4. The van der Waals surface area contributed by atoms with Gasteiger partial charge in [-0.2, -0.15) is 0 Å². The number of likely N-dealkylation sites (tertiary alicyclic amines) is 1. The van der Waals surface area contributed by atoms with E-state index < -0.39 is 51.1 Å². The van der Waals surface area contributed by atoms with Crippen molar-refractivity contribution in [1.29, 1.82) is 0 Å². The molecule has 0 aromatic heterocycles. The van der Waals surface area contributed by atoms with Crippen molar-refractivity contribution < 1.29 is 33.8 Å². The molecule has 0 radical (unpaired) electrons. The second-order valence-electron chi connectivity index (χ2n) is 11.1. The first kappa shape index (κ1) is 29.7. The number of anilines is 1. The van der Waals surface area contributed by atoms with Gasteiger partial charge in [-0.1, -0.05) is 52.4 Å². The Balaban J connectivity index is 1.56. The Hall–Kier alpha value is -3.34. The zero-order chi connectivity index (χ0) is 31.0. The molecule has 0 bridgehead atoms. The van der Waals surface area contributed by atoms with Crippen LogP contribution in [0, 0.1) is 17.8 Å². The molecule has 2 aliphatic carbocycles. The molecule has 6 atom stereocenters. The van der Waals surface area contributed by atoms with Crippen molar-refractivity contribution >= 4 is 74.5 Å². The lowest BCUT2D eigenvalue weighted by molar-refractivity contribution is -0.138. The molecule has 2 aliphatic heterocycles. The Bertz CT molecular complexity index is 1600. The van der Waals surface area contributed by atoms with Crippen molar-refractivity contribution in [2.45, 2.75) is 28.5 Å². The summed E-state index contributed by atoms with van der Waals surface area (Å²) >= 11 is 17.8. The minimum Gasteiger partial charge on any atom is -0.508 e. The van der Waals surface area contributed by atoms with E-state index in [0.29, 0.717) is 16.8 Å². The number of hydrogen-bond acceptors (Lipinski definition) is 7. The van der Waals surface area contributed by atoms with Crippen LogP contribution in [0.3, 0.4) is 0 Å². The SMILES string of the molecule is C=Cc1ccc(N2C(=O)[C@H]3[C@H](CC=C4[C@H]3C[C@@]3(Cl)C(=O)N(CBr)C(=O)[C@@]3(Cl)[C@H]4c3c(OC)cc(O)cc3OC)C2=O)cc1. The average Bonchev–Trinajstić information content (AvgIpc) is 3.34. The highest BCUT2D eigenvalue weighted by molar-refractivity contribution is 9.09. The number of carbonyl (C=O) groups is 4. The maximum atomic E-state index is 14.2. The molecule has 2 heterocycles. The van der Waals surface area contributed by atoms with E-state index in [1.54, 1.807) is 30.3 Å². The molecule has 0 unspecified atom stereocenters. The Morgan fingerprint density at radius 1 is 1.02 bits per heavy atom. The van der Waals surface area contributed by atoms with E-state index in [9.17, 15) is 24.3 Å². The smallest absolute Gasteiger partial charge is 0.254 e. The molecule has 224 valence electrons. The van der Waals surface area contributed by atoms with E-state index >= 15 is 0 Å². The number of imide groups is 2. The number of rotatable bonds is 6. The van der Waals surface area contributed by atoms with Crippen LogP contribution in [0.5, 0.6) is 17.2 Å². The summed E-state index contributed by atoms with van der Waals surface area (Å²) in [5.41, 5.74) is 1.99. The summed E-state index contributed by atoms with van der Waals surface area (Å²) < 4.78 is 11.3. The van der Waals surface area contributed by atoms with Crippen LogP contribution in [0.4, 0.5) is 5.69 Å². The van der Waals surface area contributed by atoms with Gasteiger partial charge in [0.2, 0.25) is 11.8 Å². The third-order valence-electron chi connectivity index (χ3n) is 9.22. The standard InChI is InChI=1S/C31H27BrCl2N2O7/c1-4-15-5-7-16(8-6-15)36-26(38)19-10-9-18-20(23(19)27(36)39)13-30(33)28(40)35(14-32)29(41)31(30,34)25(18)24-21(42-2)11-17(37)12-22(24)43-3/h4-9,11-12,19-20,23,25,37H,1,10,13-14H2,2-3H3/t19-,20+,23-,25+,30+,31-/m0/s1. The lowest BCUT2D eigenvalue weighted by Gasteiger charge is -2.51. The molecule has 1 N–H and O–H groups in total. The molecule has 4 aliphatic rings. The van der Waals surface area contributed by atoms with E-state index in [-0.39, 0.29) is 41.5 Å². The number of methoxy groups -OCH3 is 2. The summed E-state index contributed by atoms with van der Waals surface area (Å²) in [5.74, 6) is -5.44. The molecule has 9 nitrogen and oxygen atoms in total. The van der Waals surface area contributed by atoms with Crippen LogP contribution in [0.25, 0.3) is 6.08 Å². The van der Waals surface area contributed by atoms with Gasteiger partial charge >= 0.3 is 0 Å². The minimum atomic E-state index is -2.04. The molecule has 2 saturated heterocycles. The number of phenols is 1. The highest BCUT2D eigenvalue weighted by atomic mass is 79.9.